The molecular formula is C26H33Cl2FN6. The molecule has 0 spiro atoms. The summed E-state index contributed by atoms with van der Waals surface area (Å²) in [5.74, 6) is -0.490. The average molecular weight is 519 g/mol. The van der Waals surface area contributed by atoms with Gasteiger partial charge in [-0.05, 0) is 36.4 Å². The van der Waals surface area contributed by atoms with Crippen LogP contribution in [0.25, 0.3) is 11.4 Å². The van der Waals surface area contributed by atoms with Crippen molar-refractivity contribution in [1.82, 2.24) is 20.0 Å². The van der Waals surface area contributed by atoms with Crippen LogP contribution in [0, 0.1) is 5.82 Å². The molecule has 0 bridgehead atoms. The van der Waals surface area contributed by atoms with Crippen LogP contribution in [0.5, 0.6) is 0 Å². The largest absolute Gasteiger partial charge is 0.398 e. The number of rotatable bonds is 6. The molecule has 0 amide bonds. The fourth-order valence-corrected chi connectivity index (χ4v) is 5.07. The van der Waals surface area contributed by atoms with Crippen LogP contribution in [0.4, 0.5) is 4.39 Å². The number of nitrogens with zero attached hydrogens (tertiary/aromatic N) is 3. The summed E-state index contributed by atoms with van der Waals surface area (Å²) in [5.41, 5.74) is 17.1. The molecule has 0 aliphatic carbocycles. The number of nitrogens with one attached hydrogen (secondary N) is 1. The Morgan fingerprint density at radius 2 is 1.74 bits per heavy atom. The molecule has 2 heterocycles. The molecule has 0 radical (unpaired) electrons. The zero-order chi connectivity index (χ0) is 25.1. The summed E-state index contributed by atoms with van der Waals surface area (Å²) in [6.45, 7) is 10.1. The van der Waals surface area contributed by atoms with Crippen LogP contribution in [0.15, 0.2) is 49.1 Å². The normalized spacial score (nSPS) is 22.4. The Balaban J connectivity index is 1.50. The summed E-state index contributed by atoms with van der Waals surface area (Å²) >= 11 is 12.6. The summed E-state index contributed by atoms with van der Waals surface area (Å²) in [5, 5.41) is 3.75. The lowest BCUT2D eigenvalue weighted by Gasteiger charge is -2.39. The van der Waals surface area contributed by atoms with Gasteiger partial charge in [0.05, 0.1) is 17.2 Å². The maximum atomic E-state index is 14.1. The molecule has 2 fully saturated rings. The molecule has 4 rings (SSSR count). The summed E-state index contributed by atoms with van der Waals surface area (Å²) < 4.78 is 14.1. The third kappa shape index (κ3) is 6.00. The molecule has 0 aromatic heterocycles. The maximum Gasteiger partial charge on any atom is 0.142 e. The van der Waals surface area contributed by atoms with Gasteiger partial charge in [-0.1, -0.05) is 54.0 Å². The highest BCUT2D eigenvalue weighted by atomic mass is 35.5. The number of piperazine rings is 2. The third-order valence-corrected chi connectivity index (χ3v) is 7.62. The molecule has 9 heteroatoms. The number of hydrogen-bond donors (Lipinski definition) is 3. The number of halogens is 3. The smallest absolute Gasteiger partial charge is 0.142 e. The Morgan fingerprint density at radius 1 is 1.09 bits per heavy atom. The van der Waals surface area contributed by atoms with Gasteiger partial charge in [-0.25, -0.2) is 4.39 Å². The fraction of sp³-hybridized carbons (Fsp3) is 0.385. The Hall–Kier alpha value is -2.13. The van der Waals surface area contributed by atoms with Crippen molar-refractivity contribution in [2.24, 2.45) is 11.5 Å². The lowest BCUT2D eigenvalue weighted by molar-refractivity contribution is 0.145. The van der Waals surface area contributed by atoms with E-state index in [0.717, 1.165) is 43.0 Å². The molecule has 6 nitrogen and oxygen atoms in total. The van der Waals surface area contributed by atoms with E-state index in [1.165, 1.54) is 12.1 Å². The van der Waals surface area contributed by atoms with Crippen molar-refractivity contribution in [3.05, 3.63) is 81.6 Å². The summed E-state index contributed by atoms with van der Waals surface area (Å²) in [6.07, 6.45) is 1.60. The quantitative estimate of drug-likeness (QED) is 0.509. The van der Waals surface area contributed by atoms with Gasteiger partial charge in [-0.15, -0.1) is 0 Å². The van der Waals surface area contributed by atoms with Crippen LogP contribution < -0.4 is 16.8 Å². The molecule has 2 aromatic carbocycles. The van der Waals surface area contributed by atoms with Crippen molar-refractivity contribution >= 4 is 34.6 Å². The minimum Gasteiger partial charge on any atom is -0.398 e. The van der Waals surface area contributed by atoms with Gasteiger partial charge in [-0.2, -0.15) is 0 Å². The fourth-order valence-electron chi connectivity index (χ4n) is 4.58. The Kier molecular flexibility index (Phi) is 8.37. The van der Waals surface area contributed by atoms with Crippen molar-refractivity contribution < 1.29 is 4.39 Å². The van der Waals surface area contributed by atoms with Crippen LogP contribution >= 0.6 is 23.2 Å². The predicted octanol–water partition coefficient (Wildman–Crippen LogP) is 3.41. The Morgan fingerprint density at radius 3 is 2.43 bits per heavy atom. The summed E-state index contributed by atoms with van der Waals surface area (Å²) in [6, 6.07) is 10.7. The lowest BCUT2D eigenvalue weighted by atomic mass is 10.0. The molecule has 5 N–H and O–H groups in total. The molecule has 0 saturated carbocycles. The predicted molar refractivity (Wildman–Crippen MR) is 143 cm³/mol. The van der Waals surface area contributed by atoms with E-state index in [2.05, 4.69) is 45.8 Å². The van der Waals surface area contributed by atoms with E-state index >= 15 is 0 Å². The standard InChI is InChI=1S/C26H33Cl2FN6/c1-17(34-13-11-33(2)12-14-34)18-3-5-19(6-4-18)23(30)15-24-26(31)32-9-10-35(24)16-20-21(27)7-8-22(29)25(20)28/h3-8,15,24,26,32H,1,9-14,16,30-31H2,2H3/b23-15-. The number of hydrogen-bond acceptors (Lipinski definition) is 6. The van der Waals surface area contributed by atoms with Crippen molar-refractivity contribution in [2.45, 2.75) is 18.8 Å². The van der Waals surface area contributed by atoms with Crippen LogP contribution in [-0.4, -0.2) is 73.2 Å². The first-order valence-electron chi connectivity index (χ1n) is 11.8. The van der Waals surface area contributed by atoms with Gasteiger partial charge in [0.2, 0.25) is 0 Å². The second-order valence-corrected chi connectivity index (χ2v) is 9.98. The van der Waals surface area contributed by atoms with E-state index in [9.17, 15) is 4.39 Å². The topological polar surface area (TPSA) is 73.8 Å². The van der Waals surface area contributed by atoms with Gasteiger partial charge < -0.3 is 21.3 Å². The van der Waals surface area contributed by atoms with E-state index in [0.29, 0.717) is 35.9 Å². The van der Waals surface area contributed by atoms with Gasteiger partial charge in [0.1, 0.15) is 5.82 Å². The molecule has 2 saturated heterocycles. The van der Waals surface area contributed by atoms with E-state index in [4.69, 9.17) is 34.7 Å². The van der Waals surface area contributed by atoms with E-state index in [1.807, 2.05) is 18.2 Å². The molecular weight excluding hydrogens is 486 g/mol. The van der Waals surface area contributed by atoms with Crippen LogP contribution in [0.3, 0.4) is 0 Å². The van der Waals surface area contributed by atoms with E-state index in [1.54, 1.807) is 0 Å². The zero-order valence-electron chi connectivity index (χ0n) is 20.0. The highest BCUT2D eigenvalue weighted by Gasteiger charge is 2.29. The average Bonchev–Trinajstić information content (AvgIpc) is 2.86. The van der Waals surface area contributed by atoms with Gasteiger partial charge in [-0.3, -0.25) is 10.2 Å². The molecule has 2 unspecified atom stereocenters. The first-order chi connectivity index (χ1) is 16.7. The highest BCUT2D eigenvalue weighted by molar-refractivity contribution is 6.36. The minimum absolute atomic E-state index is 0.0384. The summed E-state index contributed by atoms with van der Waals surface area (Å²) in [7, 11) is 2.14. The molecule has 2 aliphatic heterocycles. The number of benzene rings is 2. The first kappa shape index (κ1) is 25.9. The van der Waals surface area contributed by atoms with Gasteiger partial charge in [0.15, 0.2) is 0 Å². The molecule has 2 atom stereocenters. The van der Waals surface area contributed by atoms with Gasteiger partial charge in [0.25, 0.3) is 0 Å². The monoisotopic (exact) mass is 518 g/mol. The highest BCUT2D eigenvalue weighted by Crippen LogP contribution is 2.30. The molecule has 35 heavy (non-hydrogen) atoms. The summed E-state index contributed by atoms with van der Waals surface area (Å²) in [4.78, 5) is 6.76. The first-order valence-corrected chi connectivity index (χ1v) is 12.6. The van der Waals surface area contributed by atoms with E-state index < -0.39 is 5.82 Å². The third-order valence-electron chi connectivity index (χ3n) is 6.86. The maximum absolute atomic E-state index is 14.1. The van der Waals surface area contributed by atoms with Crippen molar-refractivity contribution in [3.63, 3.8) is 0 Å². The lowest BCUT2D eigenvalue weighted by Crippen LogP contribution is -2.60. The molecule has 2 aliphatic rings. The van der Waals surface area contributed by atoms with Crippen molar-refractivity contribution in [3.8, 4) is 0 Å². The zero-order valence-corrected chi connectivity index (χ0v) is 21.5. The Labute approximate surface area is 216 Å². The van der Waals surface area contributed by atoms with Gasteiger partial charge >= 0.3 is 0 Å². The molecule has 188 valence electrons. The Bertz CT molecular complexity index is 1080. The molecule has 2 aromatic rings. The van der Waals surface area contributed by atoms with Crippen LogP contribution in [0.2, 0.25) is 10.0 Å². The number of nitrogens with two attached hydrogens (primary N) is 2. The SMILES string of the molecule is C=C(c1ccc(/C(N)=C/C2C(N)NCCN2Cc2c(Cl)ccc(F)c2Cl)cc1)N1CCN(C)CC1. The van der Waals surface area contributed by atoms with Crippen molar-refractivity contribution in [2.75, 3.05) is 46.3 Å². The van der Waals surface area contributed by atoms with Crippen LogP contribution in [0.1, 0.15) is 16.7 Å². The van der Waals surface area contributed by atoms with E-state index in [-0.39, 0.29) is 17.2 Å². The minimum atomic E-state index is -0.490. The van der Waals surface area contributed by atoms with Gasteiger partial charge in [0, 0.05) is 67.8 Å². The second-order valence-electron chi connectivity index (χ2n) is 9.20. The van der Waals surface area contributed by atoms with Crippen molar-refractivity contribution in [1.29, 1.82) is 0 Å². The number of likely N-dealkylation sites (N-methyl/N-ethyl adjacent to an activating group) is 1. The second kappa shape index (κ2) is 11.3. The van der Waals surface area contributed by atoms with Crippen LogP contribution in [-0.2, 0) is 6.54 Å².